The highest BCUT2D eigenvalue weighted by molar-refractivity contribution is 5.95. The number of likely N-dealkylation sites (tertiary alicyclic amines) is 1. The zero-order valence-corrected chi connectivity index (χ0v) is 17.4. The summed E-state index contributed by atoms with van der Waals surface area (Å²) in [5.74, 6) is 0.907. The normalized spacial score (nSPS) is 21.6. The number of nitrogens with zero attached hydrogens (tertiary/aromatic N) is 1. The first-order chi connectivity index (χ1) is 15.1. The van der Waals surface area contributed by atoms with Crippen LogP contribution in [0.15, 0.2) is 48.5 Å². The quantitative estimate of drug-likeness (QED) is 0.773. The van der Waals surface area contributed by atoms with Gasteiger partial charge in [-0.3, -0.25) is 9.59 Å². The SMILES string of the molecule is NCC(C(=O)N1CC2(CCCC2NC(=O)c2ccc3c(c2)OCO3)C1)c1ccccc1. The minimum Gasteiger partial charge on any atom is -0.454 e. The molecule has 2 aromatic carbocycles. The lowest BCUT2D eigenvalue weighted by atomic mass is 9.74. The minimum atomic E-state index is -0.318. The highest BCUT2D eigenvalue weighted by Crippen LogP contribution is 2.46. The van der Waals surface area contributed by atoms with Crippen molar-refractivity contribution in [2.45, 2.75) is 31.2 Å². The Morgan fingerprint density at radius 1 is 1.13 bits per heavy atom. The maximum atomic E-state index is 13.1. The van der Waals surface area contributed by atoms with E-state index in [1.807, 2.05) is 35.2 Å². The first kappa shape index (κ1) is 19.9. The molecule has 31 heavy (non-hydrogen) atoms. The van der Waals surface area contributed by atoms with Gasteiger partial charge in [0.05, 0.1) is 5.92 Å². The van der Waals surface area contributed by atoms with Crippen LogP contribution in [0.5, 0.6) is 11.5 Å². The lowest BCUT2D eigenvalue weighted by Crippen LogP contribution is -2.65. The zero-order valence-electron chi connectivity index (χ0n) is 17.4. The molecule has 3 aliphatic rings. The number of fused-ring (bicyclic) bond motifs is 1. The molecule has 2 fully saturated rings. The molecule has 2 aliphatic heterocycles. The first-order valence-electron chi connectivity index (χ1n) is 10.8. The molecule has 162 valence electrons. The van der Waals surface area contributed by atoms with Crippen LogP contribution in [-0.4, -0.2) is 49.2 Å². The molecule has 7 nitrogen and oxygen atoms in total. The van der Waals surface area contributed by atoms with Crippen LogP contribution in [0.3, 0.4) is 0 Å². The Bertz CT molecular complexity index is 988. The average Bonchev–Trinajstić information content (AvgIpc) is 3.40. The van der Waals surface area contributed by atoms with Gasteiger partial charge in [-0.2, -0.15) is 0 Å². The smallest absolute Gasteiger partial charge is 0.251 e. The molecule has 2 atom stereocenters. The monoisotopic (exact) mass is 421 g/mol. The van der Waals surface area contributed by atoms with Crippen LogP contribution in [0.4, 0.5) is 0 Å². The summed E-state index contributed by atoms with van der Waals surface area (Å²) in [6.45, 7) is 1.81. The molecular weight excluding hydrogens is 394 g/mol. The summed E-state index contributed by atoms with van der Waals surface area (Å²) in [5.41, 5.74) is 7.41. The summed E-state index contributed by atoms with van der Waals surface area (Å²) in [5, 5.41) is 3.22. The van der Waals surface area contributed by atoms with Gasteiger partial charge in [-0.25, -0.2) is 0 Å². The van der Waals surface area contributed by atoms with Crippen molar-refractivity contribution < 1.29 is 19.1 Å². The molecule has 1 spiro atoms. The lowest BCUT2D eigenvalue weighted by molar-refractivity contribution is -0.145. The minimum absolute atomic E-state index is 0.0442. The van der Waals surface area contributed by atoms with Crippen molar-refractivity contribution in [3.8, 4) is 11.5 Å². The molecule has 1 saturated carbocycles. The Morgan fingerprint density at radius 2 is 1.90 bits per heavy atom. The van der Waals surface area contributed by atoms with E-state index in [2.05, 4.69) is 5.32 Å². The molecule has 7 heteroatoms. The number of hydrogen-bond donors (Lipinski definition) is 2. The van der Waals surface area contributed by atoms with Crippen LogP contribution in [0.1, 0.15) is 41.1 Å². The van der Waals surface area contributed by atoms with Crippen molar-refractivity contribution in [1.29, 1.82) is 0 Å². The molecular formula is C24H27N3O4. The number of nitrogens with one attached hydrogen (secondary N) is 1. The van der Waals surface area contributed by atoms with Crippen LogP contribution in [0.25, 0.3) is 0 Å². The molecule has 2 heterocycles. The first-order valence-corrected chi connectivity index (χ1v) is 10.8. The summed E-state index contributed by atoms with van der Waals surface area (Å²) < 4.78 is 10.7. The molecule has 5 rings (SSSR count). The van der Waals surface area contributed by atoms with E-state index in [4.69, 9.17) is 15.2 Å². The van der Waals surface area contributed by atoms with E-state index in [-0.39, 0.29) is 42.5 Å². The van der Waals surface area contributed by atoms with E-state index in [9.17, 15) is 9.59 Å². The van der Waals surface area contributed by atoms with Crippen molar-refractivity contribution in [1.82, 2.24) is 10.2 Å². The van der Waals surface area contributed by atoms with E-state index in [0.717, 1.165) is 24.8 Å². The van der Waals surface area contributed by atoms with Gasteiger partial charge in [0.2, 0.25) is 12.7 Å². The summed E-state index contributed by atoms with van der Waals surface area (Å²) in [6.07, 6.45) is 2.99. The average molecular weight is 421 g/mol. The fourth-order valence-electron chi connectivity index (χ4n) is 5.18. The van der Waals surface area contributed by atoms with Gasteiger partial charge in [-0.15, -0.1) is 0 Å². The topological polar surface area (TPSA) is 93.9 Å². The molecule has 1 aliphatic carbocycles. The molecule has 1 saturated heterocycles. The van der Waals surface area contributed by atoms with Gasteiger partial charge in [-0.1, -0.05) is 36.8 Å². The number of hydrogen-bond acceptors (Lipinski definition) is 5. The second-order valence-corrected chi connectivity index (χ2v) is 8.74. The summed E-state index contributed by atoms with van der Waals surface area (Å²) in [7, 11) is 0. The van der Waals surface area contributed by atoms with Crippen molar-refractivity contribution in [2.24, 2.45) is 11.1 Å². The Morgan fingerprint density at radius 3 is 2.68 bits per heavy atom. The van der Waals surface area contributed by atoms with Gasteiger partial charge < -0.3 is 25.4 Å². The maximum Gasteiger partial charge on any atom is 0.251 e. The number of benzene rings is 2. The van der Waals surface area contributed by atoms with E-state index in [1.54, 1.807) is 18.2 Å². The number of nitrogens with two attached hydrogens (primary N) is 1. The molecule has 2 unspecified atom stereocenters. The Kier molecular flexibility index (Phi) is 5.06. The summed E-state index contributed by atoms with van der Waals surface area (Å²) >= 11 is 0. The van der Waals surface area contributed by atoms with Crippen molar-refractivity contribution in [3.63, 3.8) is 0 Å². The largest absolute Gasteiger partial charge is 0.454 e. The van der Waals surface area contributed by atoms with E-state index in [1.165, 1.54) is 0 Å². The Hall–Kier alpha value is -3.06. The molecule has 3 N–H and O–H groups in total. The van der Waals surface area contributed by atoms with Crippen LogP contribution < -0.4 is 20.5 Å². The highest BCUT2D eigenvalue weighted by Gasteiger charge is 2.53. The fourth-order valence-corrected chi connectivity index (χ4v) is 5.18. The third-order valence-corrected chi connectivity index (χ3v) is 6.91. The number of carbonyl (C=O) groups is 2. The van der Waals surface area contributed by atoms with Crippen molar-refractivity contribution in [2.75, 3.05) is 26.4 Å². The molecule has 0 radical (unpaired) electrons. The summed E-state index contributed by atoms with van der Waals surface area (Å²) in [6, 6.07) is 15.0. The van der Waals surface area contributed by atoms with Crippen LogP contribution in [0.2, 0.25) is 0 Å². The van der Waals surface area contributed by atoms with Crippen LogP contribution in [-0.2, 0) is 4.79 Å². The second kappa shape index (κ2) is 7.89. The molecule has 0 bridgehead atoms. The fraction of sp³-hybridized carbons (Fsp3) is 0.417. The number of rotatable bonds is 5. The van der Waals surface area contributed by atoms with Gasteiger partial charge in [-0.05, 0) is 36.6 Å². The van der Waals surface area contributed by atoms with E-state index >= 15 is 0 Å². The van der Waals surface area contributed by atoms with Gasteiger partial charge in [0.15, 0.2) is 11.5 Å². The van der Waals surface area contributed by atoms with E-state index in [0.29, 0.717) is 30.2 Å². The van der Waals surface area contributed by atoms with Gasteiger partial charge in [0, 0.05) is 36.7 Å². The van der Waals surface area contributed by atoms with Gasteiger partial charge in [0.1, 0.15) is 0 Å². The number of amides is 2. The maximum absolute atomic E-state index is 13.1. The Balaban J connectivity index is 1.24. The predicted molar refractivity (Wildman–Crippen MR) is 115 cm³/mol. The molecule has 2 aromatic rings. The highest BCUT2D eigenvalue weighted by atomic mass is 16.7. The zero-order chi connectivity index (χ0) is 21.4. The molecule has 2 amide bonds. The van der Waals surface area contributed by atoms with Crippen LogP contribution >= 0.6 is 0 Å². The van der Waals surface area contributed by atoms with Crippen molar-refractivity contribution >= 4 is 11.8 Å². The Labute approximate surface area is 181 Å². The van der Waals surface area contributed by atoms with Gasteiger partial charge in [0.25, 0.3) is 5.91 Å². The number of ether oxygens (including phenoxy) is 2. The second-order valence-electron chi connectivity index (χ2n) is 8.74. The van der Waals surface area contributed by atoms with Gasteiger partial charge >= 0.3 is 0 Å². The number of carbonyl (C=O) groups excluding carboxylic acids is 2. The standard InChI is InChI=1S/C24H27N3O4/c25-12-18(16-5-2-1-3-6-16)23(29)27-13-24(14-27)10-4-7-21(24)26-22(28)17-8-9-19-20(11-17)31-15-30-19/h1-3,5-6,8-9,11,18,21H,4,7,10,12-15,25H2,(H,26,28). The lowest BCUT2D eigenvalue weighted by Gasteiger charge is -2.52. The van der Waals surface area contributed by atoms with Crippen LogP contribution in [0, 0.1) is 5.41 Å². The summed E-state index contributed by atoms with van der Waals surface area (Å²) in [4.78, 5) is 27.9. The van der Waals surface area contributed by atoms with E-state index < -0.39 is 0 Å². The predicted octanol–water partition coefficient (Wildman–Crippen LogP) is 2.27. The molecule has 0 aromatic heterocycles. The van der Waals surface area contributed by atoms with Crippen molar-refractivity contribution in [3.05, 3.63) is 59.7 Å². The third-order valence-electron chi connectivity index (χ3n) is 6.91. The third kappa shape index (κ3) is 3.53.